The van der Waals surface area contributed by atoms with Crippen LogP contribution >= 0.6 is 11.6 Å². The molecule has 0 fully saturated rings. The molecule has 5 nitrogen and oxygen atoms in total. The number of imidazole rings is 1. The number of hydrogen-bond acceptors (Lipinski definition) is 3. The van der Waals surface area contributed by atoms with Crippen LogP contribution in [-0.4, -0.2) is 38.3 Å². The first-order chi connectivity index (χ1) is 12.0. The summed E-state index contributed by atoms with van der Waals surface area (Å²) in [6, 6.07) is 6.42. The van der Waals surface area contributed by atoms with Gasteiger partial charge in [0.2, 0.25) is 11.9 Å². The normalized spacial score (nSPS) is 11.0. The Labute approximate surface area is 150 Å². The van der Waals surface area contributed by atoms with Gasteiger partial charge in [0.15, 0.2) is 0 Å². The number of likely N-dealkylation sites (N-methyl/N-ethyl adjacent to an activating group) is 1. The third-order valence-corrected chi connectivity index (χ3v) is 4.34. The van der Waals surface area contributed by atoms with Gasteiger partial charge in [-0.2, -0.15) is 4.39 Å². The first-order valence-electron chi connectivity index (χ1n) is 8.09. The minimum absolute atomic E-state index is 0.00287. The number of carbonyl (C=O) groups excluding carboxylic acids is 1. The Morgan fingerprint density at radius 3 is 2.64 bits per heavy atom. The topological polar surface area (TPSA) is 50.5 Å². The van der Waals surface area contributed by atoms with Gasteiger partial charge in [0.1, 0.15) is 5.65 Å². The third-order valence-electron chi connectivity index (χ3n) is 4.12. The van der Waals surface area contributed by atoms with E-state index >= 15 is 0 Å². The second kappa shape index (κ2) is 7.19. The van der Waals surface area contributed by atoms with Gasteiger partial charge in [0.05, 0.1) is 22.8 Å². The van der Waals surface area contributed by atoms with Crippen molar-refractivity contribution in [2.75, 3.05) is 13.1 Å². The van der Waals surface area contributed by atoms with Crippen molar-refractivity contribution in [3.8, 4) is 11.3 Å². The van der Waals surface area contributed by atoms with Crippen LogP contribution < -0.4 is 0 Å². The van der Waals surface area contributed by atoms with Gasteiger partial charge >= 0.3 is 0 Å². The van der Waals surface area contributed by atoms with Crippen LogP contribution in [0.25, 0.3) is 16.9 Å². The van der Waals surface area contributed by atoms with Crippen LogP contribution in [0.15, 0.2) is 36.7 Å². The number of halogens is 2. The molecule has 0 atom stereocenters. The van der Waals surface area contributed by atoms with E-state index in [1.54, 1.807) is 29.3 Å². The number of nitrogens with zero attached hydrogens (tertiary/aromatic N) is 4. The summed E-state index contributed by atoms with van der Waals surface area (Å²) >= 11 is 6.11. The van der Waals surface area contributed by atoms with Gasteiger partial charge in [-0.15, -0.1) is 0 Å². The molecule has 0 aliphatic rings. The molecule has 3 rings (SSSR count). The number of pyridine rings is 2. The van der Waals surface area contributed by atoms with Gasteiger partial charge in [-0.3, -0.25) is 4.79 Å². The van der Waals surface area contributed by atoms with E-state index in [1.807, 2.05) is 18.2 Å². The molecular formula is C18H18ClFN4O. The minimum atomic E-state index is -0.559. The summed E-state index contributed by atoms with van der Waals surface area (Å²) in [5.41, 5.74) is 2.65. The second-order valence-electron chi connectivity index (χ2n) is 5.60. The molecule has 25 heavy (non-hydrogen) atoms. The molecule has 0 unspecified atom stereocenters. The highest BCUT2D eigenvalue weighted by Gasteiger charge is 2.20. The zero-order valence-electron chi connectivity index (χ0n) is 14.0. The van der Waals surface area contributed by atoms with E-state index in [4.69, 9.17) is 11.6 Å². The number of carbonyl (C=O) groups is 1. The Bertz CT molecular complexity index is 903. The van der Waals surface area contributed by atoms with E-state index in [9.17, 15) is 9.18 Å². The van der Waals surface area contributed by atoms with Gasteiger partial charge in [0, 0.05) is 31.0 Å². The summed E-state index contributed by atoms with van der Waals surface area (Å²) in [5, 5.41) is 0.546. The number of rotatable bonds is 5. The third kappa shape index (κ3) is 3.49. The largest absolute Gasteiger partial charge is 0.343 e. The van der Waals surface area contributed by atoms with Crippen molar-refractivity contribution >= 4 is 23.2 Å². The van der Waals surface area contributed by atoms with Gasteiger partial charge in [-0.05, 0) is 38.1 Å². The Balaban J connectivity index is 2.12. The van der Waals surface area contributed by atoms with E-state index in [-0.39, 0.29) is 12.3 Å². The highest BCUT2D eigenvalue weighted by molar-refractivity contribution is 6.30. The summed E-state index contributed by atoms with van der Waals surface area (Å²) in [6.07, 6.45) is 3.33. The van der Waals surface area contributed by atoms with E-state index in [2.05, 4.69) is 9.97 Å². The number of fused-ring (bicyclic) bond motifs is 1. The molecule has 0 aliphatic carbocycles. The van der Waals surface area contributed by atoms with Crippen LogP contribution in [0.2, 0.25) is 5.02 Å². The molecule has 7 heteroatoms. The monoisotopic (exact) mass is 360 g/mol. The predicted octanol–water partition coefficient (Wildman–Crippen LogP) is 3.60. The van der Waals surface area contributed by atoms with Crippen LogP contribution in [0, 0.1) is 5.95 Å². The van der Waals surface area contributed by atoms with Gasteiger partial charge in [-0.1, -0.05) is 11.6 Å². The van der Waals surface area contributed by atoms with Gasteiger partial charge in [-0.25, -0.2) is 9.97 Å². The van der Waals surface area contributed by atoms with Crippen LogP contribution in [0.1, 0.15) is 19.5 Å². The molecule has 0 radical (unpaired) electrons. The molecule has 1 amide bonds. The molecule has 0 N–H and O–H groups in total. The van der Waals surface area contributed by atoms with Crippen molar-refractivity contribution in [2.24, 2.45) is 0 Å². The Kier molecular flexibility index (Phi) is 4.99. The Morgan fingerprint density at radius 1 is 1.24 bits per heavy atom. The summed E-state index contributed by atoms with van der Waals surface area (Å²) in [5.74, 6) is -0.556. The molecule has 0 saturated heterocycles. The molecule has 3 heterocycles. The summed E-state index contributed by atoms with van der Waals surface area (Å²) in [7, 11) is 0. The fourth-order valence-corrected chi connectivity index (χ4v) is 2.98. The van der Waals surface area contributed by atoms with Crippen molar-refractivity contribution in [2.45, 2.75) is 20.3 Å². The lowest BCUT2D eigenvalue weighted by atomic mass is 10.1. The second-order valence-corrected chi connectivity index (χ2v) is 6.03. The number of amides is 1. The van der Waals surface area contributed by atoms with Crippen molar-refractivity contribution < 1.29 is 9.18 Å². The Morgan fingerprint density at radius 2 is 2.00 bits per heavy atom. The molecule has 0 saturated carbocycles. The molecule has 0 aliphatic heterocycles. The zero-order chi connectivity index (χ0) is 18.0. The van der Waals surface area contributed by atoms with Gasteiger partial charge in [0.25, 0.3) is 0 Å². The highest BCUT2D eigenvalue weighted by Crippen LogP contribution is 2.26. The summed E-state index contributed by atoms with van der Waals surface area (Å²) < 4.78 is 15.0. The molecular weight excluding hydrogens is 343 g/mol. The lowest BCUT2D eigenvalue weighted by Crippen LogP contribution is -2.32. The van der Waals surface area contributed by atoms with Gasteiger partial charge < -0.3 is 9.30 Å². The Hall–Kier alpha value is -2.47. The lowest BCUT2D eigenvalue weighted by Gasteiger charge is -2.18. The van der Waals surface area contributed by atoms with Crippen LogP contribution in [-0.2, 0) is 11.2 Å². The fraction of sp³-hybridized carbons (Fsp3) is 0.278. The number of hydrogen-bond donors (Lipinski definition) is 0. The maximum absolute atomic E-state index is 13.2. The first kappa shape index (κ1) is 17.4. The first-order valence-corrected chi connectivity index (χ1v) is 8.47. The van der Waals surface area contributed by atoms with Crippen LogP contribution in [0.4, 0.5) is 4.39 Å². The fourth-order valence-electron chi connectivity index (χ4n) is 2.81. The van der Waals surface area contributed by atoms with E-state index in [0.717, 1.165) is 0 Å². The van der Waals surface area contributed by atoms with Crippen LogP contribution in [0.5, 0.6) is 0 Å². The van der Waals surface area contributed by atoms with E-state index < -0.39 is 5.95 Å². The molecule has 3 aromatic rings. The summed E-state index contributed by atoms with van der Waals surface area (Å²) in [4.78, 5) is 22.7. The lowest BCUT2D eigenvalue weighted by molar-refractivity contribution is -0.130. The molecule has 0 spiro atoms. The molecule has 0 bridgehead atoms. The van der Waals surface area contributed by atoms with E-state index in [1.165, 1.54) is 12.3 Å². The van der Waals surface area contributed by atoms with E-state index in [0.29, 0.717) is 40.7 Å². The quantitative estimate of drug-likeness (QED) is 0.653. The zero-order valence-corrected chi connectivity index (χ0v) is 14.8. The SMILES string of the molecule is CCN(CC)C(=O)Cc1c(-c2ccc(F)nc2)nc2ccc(Cl)cn12. The average molecular weight is 361 g/mol. The molecule has 130 valence electrons. The van der Waals surface area contributed by atoms with Crippen LogP contribution in [0.3, 0.4) is 0 Å². The van der Waals surface area contributed by atoms with Crippen molar-refractivity contribution in [3.63, 3.8) is 0 Å². The molecule has 0 aromatic carbocycles. The maximum atomic E-state index is 13.2. The average Bonchev–Trinajstić information content (AvgIpc) is 2.94. The number of aromatic nitrogens is 3. The minimum Gasteiger partial charge on any atom is -0.343 e. The highest BCUT2D eigenvalue weighted by atomic mass is 35.5. The summed E-state index contributed by atoms with van der Waals surface area (Å²) in [6.45, 7) is 5.16. The molecule has 3 aromatic heterocycles. The predicted molar refractivity (Wildman–Crippen MR) is 95.0 cm³/mol. The van der Waals surface area contributed by atoms with Crippen molar-refractivity contribution in [1.82, 2.24) is 19.3 Å². The van der Waals surface area contributed by atoms with Crippen molar-refractivity contribution in [3.05, 3.63) is 53.3 Å². The smallest absolute Gasteiger partial charge is 0.228 e. The maximum Gasteiger partial charge on any atom is 0.228 e. The van der Waals surface area contributed by atoms with Crippen molar-refractivity contribution in [1.29, 1.82) is 0 Å². The standard InChI is InChI=1S/C18H18ClFN4O/c1-3-23(4-2)17(25)9-14-18(12-5-7-15(20)21-10-12)22-16-8-6-13(19)11-24(14)16/h5-8,10-11H,3-4,9H2,1-2H3.